The van der Waals surface area contributed by atoms with Crippen LogP contribution >= 0.6 is 22.9 Å². The summed E-state index contributed by atoms with van der Waals surface area (Å²) >= 11 is 7.60. The predicted octanol–water partition coefficient (Wildman–Crippen LogP) is 4.52. The molecule has 1 amide bonds. The van der Waals surface area contributed by atoms with E-state index >= 15 is 0 Å². The van der Waals surface area contributed by atoms with Crippen molar-refractivity contribution in [1.82, 2.24) is 24.6 Å². The Morgan fingerprint density at radius 3 is 2.73 bits per heavy atom. The number of fused-ring (bicyclic) bond motifs is 1. The summed E-state index contributed by atoms with van der Waals surface area (Å²) in [5.74, 6) is 0.866. The van der Waals surface area contributed by atoms with Crippen LogP contribution in [0.2, 0.25) is 5.02 Å². The first-order chi connectivity index (χ1) is 14.6. The lowest BCUT2D eigenvalue weighted by Crippen LogP contribution is -2.38. The number of nitrogens with zero attached hydrogens (tertiary/aromatic N) is 5. The topological polar surface area (TPSA) is 63.9 Å². The Morgan fingerprint density at radius 2 is 1.93 bits per heavy atom. The molecule has 2 aromatic carbocycles. The van der Waals surface area contributed by atoms with E-state index in [0.29, 0.717) is 41.9 Å². The zero-order chi connectivity index (χ0) is 20.7. The summed E-state index contributed by atoms with van der Waals surface area (Å²) in [6.45, 7) is 1.42. The maximum atomic E-state index is 13.1. The van der Waals surface area contributed by atoms with E-state index in [2.05, 4.69) is 10.2 Å². The fraction of sp³-hybridized carbons (Fsp3) is 0.143. The lowest BCUT2D eigenvalue weighted by molar-refractivity contribution is 0.0708. The van der Waals surface area contributed by atoms with Crippen molar-refractivity contribution in [3.63, 3.8) is 0 Å². The predicted molar refractivity (Wildman–Crippen MR) is 113 cm³/mol. The number of carbonyl (C=O) groups excluding carboxylic acids is 1. The van der Waals surface area contributed by atoms with Crippen LogP contribution in [0.4, 0.5) is 4.39 Å². The van der Waals surface area contributed by atoms with E-state index in [1.54, 1.807) is 4.90 Å². The molecule has 6 nitrogen and oxygen atoms in total. The zero-order valence-electron chi connectivity index (χ0n) is 15.6. The molecule has 0 unspecified atom stereocenters. The highest BCUT2D eigenvalue weighted by Gasteiger charge is 2.26. The van der Waals surface area contributed by atoms with Crippen molar-refractivity contribution >= 4 is 28.8 Å². The summed E-state index contributed by atoms with van der Waals surface area (Å²) in [5, 5.41) is 12.1. The molecule has 0 atom stereocenters. The Morgan fingerprint density at radius 1 is 1.10 bits per heavy atom. The van der Waals surface area contributed by atoms with Gasteiger partial charge in [0.05, 0.1) is 6.54 Å². The minimum Gasteiger partial charge on any atom is -0.329 e. The molecular formula is C21H15ClFN5OS. The average Bonchev–Trinajstić information content (AvgIpc) is 3.40. The fourth-order valence-electron chi connectivity index (χ4n) is 3.43. The Labute approximate surface area is 180 Å². The third-order valence-corrected chi connectivity index (χ3v) is 6.06. The highest BCUT2D eigenvalue weighted by molar-refractivity contribution is 7.13. The van der Waals surface area contributed by atoms with Crippen molar-refractivity contribution in [3.8, 4) is 22.1 Å². The summed E-state index contributed by atoms with van der Waals surface area (Å²) in [7, 11) is 0. The van der Waals surface area contributed by atoms with Gasteiger partial charge in [-0.3, -0.25) is 4.79 Å². The first-order valence-electron chi connectivity index (χ1n) is 9.27. The van der Waals surface area contributed by atoms with Gasteiger partial charge in [0.25, 0.3) is 5.91 Å². The minimum atomic E-state index is -0.366. The summed E-state index contributed by atoms with van der Waals surface area (Å²) in [4.78, 5) is 19.1. The molecule has 5 rings (SSSR count). The number of thiazole rings is 1. The van der Waals surface area contributed by atoms with Crippen molar-refractivity contribution in [2.45, 2.75) is 13.1 Å². The third-order valence-electron chi connectivity index (χ3n) is 4.94. The average molecular weight is 440 g/mol. The van der Waals surface area contributed by atoms with E-state index in [4.69, 9.17) is 16.6 Å². The summed E-state index contributed by atoms with van der Waals surface area (Å²) in [6, 6.07) is 13.1. The van der Waals surface area contributed by atoms with E-state index in [1.807, 2.05) is 34.2 Å². The van der Waals surface area contributed by atoms with Crippen LogP contribution in [0.15, 0.2) is 53.9 Å². The van der Waals surface area contributed by atoms with Crippen LogP contribution in [0.1, 0.15) is 16.2 Å². The Hall–Kier alpha value is -3.10. The molecule has 0 bridgehead atoms. The number of carbonyl (C=O) groups is 1. The highest BCUT2D eigenvalue weighted by atomic mass is 35.5. The second kappa shape index (κ2) is 7.62. The van der Waals surface area contributed by atoms with Crippen LogP contribution in [-0.4, -0.2) is 37.1 Å². The molecule has 0 saturated heterocycles. The van der Waals surface area contributed by atoms with E-state index in [1.165, 1.54) is 35.6 Å². The molecule has 150 valence electrons. The van der Waals surface area contributed by atoms with E-state index in [-0.39, 0.29) is 11.7 Å². The van der Waals surface area contributed by atoms with E-state index in [0.717, 1.165) is 16.3 Å². The van der Waals surface area contributed by atoms with E-state index in [9.17, 15) is 9.18 Å². The van der Waals surface area contributed by atoms with Crippen LogP contribution in [0.5, 0.6) is 0 Å². The Bertz CT molecular complexity index is 1240. The molecule has 0 aliphatic carbocycles. The molecule has 1 aliphatic rings. The molecule has 0 fully saturated rings. The number of hydrogen-bond acceptors (Lipinski definition) is 5. The van der Waals surface area contributed by atoms with Gasteiger partial charge in [-0.1, -0.05) is 23.7 Å². The quantitative estimate of drug-likeness (QED) is 0.471. The fourth-order valence-corrected chi connectivity index (χ4v) is 4.41. The van der Waals surface area contributed by atoms with Crippen LogP contribution in [-0.2, 0) is 13.1 Å². The minimum absolute atomic E-state index is 0.150. The van der Waals surface area contributed by atoms with Crippen molar-refractivity contribution in [2.24, 2.45) is 0 Å². The van der Waals surface area contributed by atoms with Gasteiger partial charge in [0.15, 0.2) is 11.6 Å². The molecule has 4 aromatic rings. The van der Waals surface area contributed by atoms with Crippen LogP contribution in [0.25, 0.3) is 22.1 Å². The second-order valence-corrected chi connectivity index (χ2v) is 8.17. The first-order valence-corrected chi connectivity index (χ1v) is 10.5. The van der Waals surface area contributed by atoms with Gasteiger partial charge in [0.1, 0.15) is 16.5 Å². The molecule has 2 aromatic heterocycles. The lowest BCUT2D eigenvalue weighted by Gasteiger charge is -2.27. The van der Waals surface area contributed by atoms with Gasteiger partial charge in [-0.15, -0.1) is 21.5 Å². The molecule has 3 heterocycles. The van der Waals surface area contributed by atoms with Crippen molar-refractivity contribution < 1.29 is 9.18 Å². The maximum absolute atomic E-state index is 13.1. The van der Waals surface area contributed by atoms with Gasteiger partial charge in [-0.05, 0) is 36.4 Å². The van der Waals surface area contributed by atoms with Gasteiger partial charge in [0.2, 0.25) is 0 Å². The molecule has 9 heteroatoms. The van der Waals surface area contributed by atoms with Gasteiger partial charge in [-0.2, -0.15) is 0 Å². The number of amides is 1. The molecule has 1 aliphatic heterocycles. The molecule has 0 saturated carbocycles. The van der Waals surface area contributed by atoms with Gasteiger partial charge >= 0.3 is 0 Å². The highest BCUT2D eigenvalue weighted by Crippen LogP contribution is 2.30. The normalized spacial score (nSPS) is 13.3. The largest absolute Gasteiger partial charge is 0.329 e. The SMILES string of the molecule is O=C(c1ccc(F)cc1)N1CCn2c(nnc2-c2csc(-c3cccc(Cl)c3)n2)C1. The Balaban J connectivity index is 1.38. The van der Waals surface area contributed by atoms with Gasteiger partial charge < -0.3 is 9.47 Å². The van der Waals surface area contributed by atoms with Crippen molar-refractivity contribution in [2.75, 3.05) is 6.54 Å². The molecule has 0 radical (unpaired) electrons. The number of hydrogen-bond donors (Lipinski definition) is 0. The van der Waals surface area contributed by atoms with Crippen molar-refractivity contribution in [1.29, 1.82) is 0 Å². The molecular weight excluding hydrogens is 425 g/mol. The second-order valence-electron chi connectivity index (χ2n) is 6.87. The number of aromatic nitrogens is 4. The summed E-state index contributed by atoms with van der Waals surface area (Å²) < 4.78 is 15.1. The summed E-state index contributed by atoms with van der Waals surface area (Å²) in [5.41, 5.74) is 2.15. The standard InChI is InChI=1S/C21H15ClFN5OS/c22-15-3-1-2-14(10-15)20-24-17(12-30-20)19-26-25-18-11-27(8-9-28(18)19)21(29)13-4-6-16(23)7-5-13/h1-7,10,12H,8-9,11H2. The van der Waals surface area contributed by atoms with Gasteiger partial charge in [0, 0.05) is 34.6 Å². The van der Waals surface area contributed by atoms with Crippen LogP contribution < -0.4 is 0 Å². The number of halogens is 2. The monoisotopic (exact) mass is 439 g/mol. The zero-order valence-corrected chi connectivity index (χ0v) is 17.2. The smallest absolute Gasteiger partial charge is 0.254 e. The molecule has 0 spiro atoms. The lowest BCUT2D eigenvalue weighted by atomic mass is 10.2. The first kappa shape index (κ1) is 18.9. The van der Waals surface area contributed by atoms with E-state index < -0.39 is 0 Å². The van der Waals surface area contributed by atoms with Crippen LogP contribution in [0.3, 0.4) is 0 Å². The number of rotatable bonds is 3. The number of benzene rings is 2. The van der Waals surface area contributed by atoms with Crippen LogP contribution in [0, 0.1) is 5.82 Å². The maximum Gasteiger partial charge on any atom is 0.254 e. The molecule has 30 heavy (non-hydrogen) atoms. The summed E-state index contributed by atoms with van der Waals surface area (Å²) in [6.07, 6.45) is 0. The Kier molecular flexibility index (Phi) is 4.80. The third kappa shape index (κ3) is 3.48. The van der Waals surface area contributed by atoms with Crippen molar-refractivity contribution in [3.05, 3.63) is 76.1 Å². The van der Waals surface area contributed by atoms with Gasteiger partial charge in [-0.25, -0.2) is 9.37 Å². The molecule has 0 N–H and O–H groups in total.